The zero-order chi connectivity index (χ0) is 21.5. The third-order valence-electron chi connectivity index (χ3n) is 8.18. The van der Waals surface area contributed by atoms with E-state index in [0.717, 1.165) is 18.4 Å². The molecule has 3 fully saturated rings. The van der Waals surface area contributed by atoms with Gasteiger partial charge in [0.05, 0.1) is 5.92 Å². The van der Waals surface area contributed by atoms with E-state index < -0.39 is 12.3 Å². The van der Waals surface area contributed by atoms with Gasteiger partial charge in [0.2, 0.25) is 0 Å². The summed E-state index contributed by atoms with van der Waals surface area (Å²) in [7, 11) is 0. The third kappa shape index (κ3) is 3.25. The molecule has 0 spiro atoms. The van der Waals surface area contributed by atoms with Crippen LogP contribution in [0, 0.1) is 28.6 Å². The number of carbonyl (C=O) groups is 2. The lowest BCUT2D eigenvalue weighted by atomic mass is 9.65. The number of benzene rings is 1. The molecule has 0 aromatic heterocycles. The Morgan fingerprint density at radius 2 is 2.00 bits per heavy atom. The first kappa shape index (κ1) is 21.0. The quantitative estimate of drug-likeness (QED) is 0.693. The molecule has 5 unspecified atom stereocenters. The molecule has 1 aliphatic heterocycles. The standard InChI is InChI=1S/C24H30NO5/c1-23(2)16-11-12-24(23,3)19(20-25-17(10-7-13-26)21(27)30-20)18(16)22(28)29-14-15-8-5-4-6-9-15/h4-6,8-9,16-20,25H,7,10-12,14H2,1-3H3/t16?,17?,18-,19?,20?,24?/m0/s1. The van der Waals surface area contributed by atoms with E-state index in [-0.39, 0.29) is 53.6 Å². The van der Waals surface area contributed by atoms with Crippen LogP contribution in [-0.4, -0.2) is 30.5 Å². The van der Waals surface area contributed by atoms with E-state index in [2.05, 4.69) is 26.1 Å². The van der Waals surface area contributed by atoms with Gasteiger partial charge in [-0.1, -0.05) is 51.1 Å². The van der Waals surface area contributed by atoms with Gasteiger partial charge in [-0.3, -0.25) is 19.7 Å². The van der Waals surface area contributed by atoms with Crippen molar-refractivity contribution in [2.45, 2.75) is 65.3 Å². The van der Waals surface area contributed by atoms with E-state index in [1.54, 1.807) is 0 Å². The largest absolute Gasteiger partial charge is 0.461 e. The van der Waals surface area contributed by atoms with Crippen LogP contribution in [0.1, 0.15) is 52.0 Å². The van der Waals surface area contributed by atoms with E-state index in [4.69, 9.17) is 9.47 Å². The van der Waals surface area contributed by atoms with Gasteiger partial charge in [0.15, 0.2) is 12.5 Å². The van der Waals surface area contributed by atoms with Crippen LogP contribution >= 0.6 is 0 Å². The molecular formula is C24H30NO5. The van der Waals surface area contributed by atoms with Crippen molar-refractivity contribution in [1.29, 1.82) is 0 Å². The fraction of sp³-hybridized carbons (Fsp3) is 0.625. The summed E-state index contributed by atoms with van der Waals surface area (Å²) in [6.45, 7) is 6.89. The van der Waals surface area contributed by atoms with Crippen molar-refractivity contribution < 1.29 is 23.9 Å². The van der Waals surface area contributed by atoms with Gasteiger partial charge < -0.3 is 9.47 Å². The topological polar surface area (TPSA) is 81.7 Å². The molecule has 1 radical (unpaired) electrons. The molecule has 3 aliphatic rings. The Hall–Kier alpha value is -2.21. The minimum absolute atomic E-state index is 0.0726. The summed E-state index contributed by atoms with van der Waals surface area (Å²) in [6.07, 6.45) is 3.78. The average molecular weight is 413 g/mol. The molecule has 4 rings (SSSR count). The molecule has 2 bridgehead atoms. The van der Waals surface area contributed by atoms with Crippen LogP contribution in [0.3, 0.4) is 0 Å². The van der Waals surface area contributed by atoms with Crippen molar-refractivity contribution in [2.24, 2.45) is 28.6 Å². The number of hydrogen-bond acceptors (Lipinski definition) is 6. The minimum Gasteiger partial charge on any atom is -0.461 e. The van der Waals surface area contributed by atoms with E-state index in [1.165, 1.54) is 0 Å². The zero-order valence-electron chi connectivity index (χ0n) is 17.9. The first-order chi connectivity index (χ1) is 14.3. The number of ether oxygens (including phenoxy) is 2. The molecule has 6 nitrogen and oxygen atoms in total. The number of hydrogen-bond donors (Lipinski definition) is 1. The maximum absolute atomic E-state index is 13.3. The second kappa shape index (κ2) is 7.80. The van der Waals surface area contributed by atoms with Gasteiger partial charge in [-0.05, 0) is 41.6 Å². The van der Waals surface area contributed by atoms with E-state index in [1.807, 2.05) is 36.6 Å². The van der Waals surface area contributed by atoms with Crippen molar-refractivity contribution >= 4 is 18.2 Å². The summed E-state index contributed by atoms with van der Waals surface area (Å²) in [5.41, 5.74) is 0.723. The summed E-state index contributed by atoms with van der Waals surface area (Å²) in [5.74, 6) is -0.879. The van der Waals surface area contributed by atoms with Crippen LogP contribution in [-0.2, 0) is 30.5 Å². The Labute approximate surface area is 177 Å². The summed E-state index contributed by atoms with van der Waals surface area (Å²) < 4.78 is 11.5. The highest BCUT2D eigenvalue weighted by molar-refractivity contribution is 5.79. The number of nitrogens with one attached hydrogen (secondary N) is 1. The average Bonchev–Trinajstić information content (AvgIpc) is 3.26. The van der Waals surface area contributed by atoms with Gasteiger partial charge in [-0.15, -0.1) is 0 Å². The first-order valence-corrected chi connectivity index (χ1v) is 10.8. The summed E-state index contributed by atoms with van der Waals surface area (Å²) in [6, 6.07) is 9.12. The predicted octanol–water partition coefficient (Wildman–Crippen LogP) is 3.15. The normalized spacial score (nSPS) is 36.5. The van der Waals surface area contributed by atoms with Crippen molar-refractivity contribution in [3.8, 4) is 0 Å². The van der Waals surface area contributed by atoms with E-state index >= 15 is 0 Å². The predicted molar refractivity (Wildman–Crippen MR) is 110 cm³/mol. The highest BCUT2D eigenvalue weighted by Gasteiger charge is 2.71. The molecule has 6 heteroatoms. The van der Waals surface area contributed by atoms with Crippen molar-refractivity contribution in [3.05, 3.63) is 35.9 Å². The molecular weight excluding hydrogens is 382 g/mol. The Bertz CT molecular complexity index is 822. The van der Waals surface area contributed by atoms with E-state index in [9.17, 15) is 14.4 Å². The number of esters is 2. The molecule has 161 valence electrons. The fourth-order valence-corrected chi connectivity index (χ4v) is 6.18. The molecule has 0 amide bonds. The third-order valence-corrected chi connectivity index (χ3v) is 8.18. The second-order valence-electron chi connectivity index (χ2n) is 9.69. The van der Waals surface area contributed by atoms with Crippen LogP contribution in [0.4, 0.5) is 0 Å². The fourth-order valence-electron chi connectivity index (χ4n) is 6.18. The Morgan fingerprint density at radius 3 is 2.70 bits per heavy atom. The summed E-state index contributed by atoms with van der Waals surface area (Å²) in [4.78, 5) is 36.3. The maximum Gasteiger partial charge on any atom is 0.324 e. The van der Waals surface area contributed by atoms with Gasteiger partial charge in [-0.25, -0.2) is 0 Å². The summed E-state index contributed by atoms with van der Waals surface area (Å²) in [5, 5.41) is 3.27. The minimum atomic E-state index is -0.544. The van der Waals surface area contributed by atoms with Crippen LogP contribution < -0.4 is 5.32 Å². The molecule has 1 N–H and O–H groups in total. The first-order valence-electron chi connectivity index (χ1n) is 10.8. The monoisotopic (exact) mass is 412 g/mol. The van der Waals surface area contributed by atoms with Crippen LogP contribution in [0.25, 0.3) is 0 Å². The molecule has 1 aromatic rings. The van der Waals surface area contributed by atoms with Crippen molar-refractivity contribution in [2.75, 3.05) is 0 Å². The van der Waals surface area contributed by atoms with Crippen LogP contribution in [0.2, 0.25) is 0 Å². The Kier molecular flexibility index (Phi) is 5.47. The number of carbonyl (C=O) groups excluding carboxylic acids is 3. The maximum atomic E-state index is 13.3. The lowest BCUT2D eigenvalue weighted by Gasteiger charge is -2.42. The Morgan fingerprint density at radius 1 is 1.27 bits per heavy atom. The van der Waals surface area contributed by atoms with Gasteiger partial charge in [0.1, 0.15) is 12.6 Å². The van der Waals surface area contributed by atoms with Crippen LogP contribution in [0.15, 0.2) is 30.3 Å². The smallest absolute Gasteiger partial charge is 0.324 e. The number of fused-ring (bicyclic) bond motifs is 2. The highest BCUT2D eigenvalue weighted by Crippen LogP contribution is 2.71. The zero-order valence-corrected chi connectivity index (χ0v) is 17.9. The second-order valence-corrected chi connectivity index (χ2v) is 9.69. The molecule has 1 heterocycles. The van der Waals surface area contributed by atoms with Gasteiger partial charge in [0, 0.05) is 12.3 Å². The molecule has 6 atom stereocenters. The SMILES string of the molecule is CC1(C)C2CCC1(C)C(C1NC(CC[C]=O)C(=O)O1)[C@H]2C(=O)OCc1ccccc1. The number of rotatable bonds is 7. The molecule has 1 saturated heterocycles. The molecule has 2 aliphatic carbocycles. The lowest BCUT2D eigenvalue weighted by Crippen LogP contribution is -2.48. The van der Waals surface area contributed by atoms with E-state index in [0.29, 0.717) is 6.42 Å². The molecule has 2 saturated carbocycles. The van der Waals surface area contributed by atoms with Gasteiger partial charge >= 0.3 is 11.9 Å². The molecule has 30 heavy (non-hydrogen) atoms. The van der Waals surface area contributed by atoms with Gasteiger partial charge in [0.25, 0.3) is 0 Å². The Balaban J connectivity index is 1.56. The van der Waals surface area contributed by atoms with Gasteiger partial charge in [-0.2, -0.15) is 0 Å². The van der Waals surface area contributed by atoms with Crippen LogP contribution in [0.5, 0.6) is 0 Å². The lowest BCUT2D eigenvalue weighted by molar-refractivity contribution is -0.162. The number of cyclic esters (lactones) is 1. The molecule has 1 aromatic carbocycles. The highest BCUT2D eigenvalue weighted by atomic mass is 16.6. The van der Waals surface area contributed by atoms with Crippen molar-refractivity contribution in [1.82, 2.24) is 5.32 Å². The summed E-state index contributed by atoms with van der Waals surface area (Å²) >= 11 is 0. The van der Waals surface area contributed by atoms with Crippen molar-refractivity contribution in [3.63, 3.8) is 0 Å².